The summed E-state index contributed by atoms with van der Waals surface area (Å²) in [5, 5.41) is 2.11. The van der Waals surface area contributed by atoms with Crippen LogP contribution < -0.4 is 4.90 Å². The van der Waals surface area contributed by atoms with E-state index in [9.17, 15) is 4.79 Å². The third kappa shape index (κ3) is 2.46. The highest BCUT2D eigenvalue weighted by atomic mass is 32.1. The number of aryl methyl sites for hydroxylation is 1. The highest BCUT2D eigenvalue weighted by molar-refractivity contribution is 7.18. The van der Waals surface area contributed by atoms with Crippen LogP contribution in [0.3, 0.4) is 0 Å². The summed E-state index contributed by atoms with van der Waals surface area (Å²) in [7, 11) is 0. The van der Waals surface area contributed by atoms with Gasteiger partial charge in [-0.2, -0.15) is 0 Å². The summed E-state index contributed by atoms with van der Waals surface area (Å²) in [5.74, 6) is 1.32. The van der Waals surface area contributed by atoms with E-state index >= 15 is 0 Å². The first kappa shape index (κ1) is 14.2. The van der Waals surface area contributed by atoms with Crippen molar-refractivity contribution in [2.75, 3.05) is 31.1 Å². The smallest absolute Gasteiger partial charge is 0.289 e. The average molecular weight is 328 g/mol. The molecule has 6 nitrogen and oxygen atoms in total. The molecule has 0 atom stereocenters. The minimum atomic E-state index is -0.0468. The molecule has 0 bridgehead atoms. The second-order valence-corrected chi connectivity index (χ2v) is 6.43. The number of rotatable bonds is 2. The predicted octanol–water partition coefficient (Wildman–Crippen LogP) is 2.56. The Labute approximate surface area is 137 Å². The lowest BCUT2D eigenvalue weighted by molar-refractivity contribution is 0.0714. The molecule has 4 rings (SSSR count). The Balaban J connectivity index is 1.52. The zero-order valence-corrected chi connectivity index (χ0v) is 13.5. The van der Waals surface area contributed by atoms with Crippen molar-refractivity contribution in [3.8, 4) is 0 Å². The van der Waals surface area contributed by atoms with Gasteiger partial charge in [-0.1, -0.05) is 0 Å². The molecule has 0 aromatic carbocycles. The van der Waals surface area contributed by atoms with Crippen molar-refractivity contribution in [2.24, 2.45) is 0 Å². The van der Waals surface area contributed by atoms with E-state index < -0.39 is 0 Å². The van der Waals surface area contributed by atoms with Crippen LogP contribution in [0.15, 0.2) is 34.5 Å². The Kier molecular flexibility index (Phi) is 3.49. The lowest BCUT2D eigenvalue weighted by Crippen LogP contribution is -2.49. The van der Waals surface area contributed by atoms with Gasteiger partial charge in [-0.05, 0) is 30.0 Å². The number of amides is 1. The first-order chi connectivity index (χ1) is 11.2. The Bertz CT molecular complexity index is 835. The molecule has 3 aromatic heterocycles. The molecular weight excluding hydrogens is 312 g/mol. The molecule has 1 saturated heterocycles. The second kappa shape index (κ2) is 5.66. The standard InChI is InChI=1S/C16H16N4O2S/c1-11-9-23-14-13(11)17-10-18-15(14)19-4-6-20(7-5-19)16(21)12-3-2-8-22-12/h2-3,8-10H,4-7H2,1H3. The molecule has 0 unspecified atom stereocenters. The van der Waals surface area contributed by atoms with E-state index in [1.165, 1.54) is 11.8 Å². The van der Waals surface area contributed by atoms with E-state index in [0.29, 0.717) is 18.8 Å². The zero-order chi connectivity index (χ0) is 15.8. The molecule has 4 heterocycles. The van der Waals surface area contributed by atoms with Crippen LogP contribution in [0.4, 0.5) is 5.82 Å². The lowest BCUT2D eigenvalue weighted by atomic mass is 10.2. The summed E-state index contributed by atoms with van der Waals surface area (Å²) in [6, 6.07) is 3.44. The molecule has 1 aliphatic heterocycles. The molecular formula is C16H16N4O2S. The maximum absolute atomic E-state index is 12.3. The molecule has 0 saturated carbocycles. The number of thiophene rings is 1. The summed E-state index contributed by atoms with van der Waals surface area (Å²) >= 11 is 1.68. The summed E-state index contributed by atoms with van der Waals surface area (Å²) in [6.45, 7) is 4.91. The molecule has 118 valence electrons. The van der Waals surface area contributed by atoms with Gasteiger partial charge >= 0.3 is 0 Å². The van der Waals surface area contributed by atoms with E-state index in [1.54, 1.807) is 29.8 Å². The maximum atomic E-state index is 12.3. The van der Waals surface area contributed by atoms with Gasteiger partial charge in [0, 0.05) is 26.2 Å². The van der Waals surface area contributed by atoms with E-state index in [4.69, 9.17) is 4.42 Å². The average Bonchev–Trinajstić information content (AvgIpc) is 3.25. The predicted molar refractivity (Wildman–Crippen MR) is 89.0 cm³/mol. The second-order valence-electron chi connectivity index (χ2n) is 5.55. The van der Waals surface area contributed by atoms with Crippen molar-refractivity contribution >= 4 is 33.3 Å². The summed E-state index contributed by atoms with van der Waals surface area (Å²) < 4.78 is 6.32. The van der Waals surface area contributed by atoms with E-state index in [-0.39, 0.29) is 5.91 Å². The molecule has 1 amide bonds. The van der Waals surface area contributed by atoms with Crippen molar-refractivity contribution in [3.05, 3.63) is 41.4 Å². The van der Waals surface area contributed by atoms with Gasteiger partial charge in [0.1, 0.15) is 12.1 Å². The van der Waals surface area contributed by atoms with Crippen molar-refractivity contribution in [1.82, 2.24) is 14.9 Å². The van der Waals surface area contributed by atoms with E-state index in [2.05, 4.69) is 27.2 Å². The largest absolute Gasteiger partial charge is 0.459 e. The molecule has 0 spiro atoms. The fourth-order valence-electron chi connectivity index (χ4n) is 2.86. The molecule has 23 heavy (non-hydrogen) atoms. The normalized spacial score (nSPS) is 15.3. The Morgan fingerprint density at radius 3 is 2.83 bits per heavy atom. The summed E-state index contributed by atoms with van der Waals surface area (Å²) in [6.07, 6.45) is 3.15. The lowest BCUT2D eigenvalue weighted by Gasteiger charge is -2.35. The summed E-state index contributed by atoms with van der Waals surface area (Å²) in [4.78, 5) is 25.2. The fourth-order valence-corrected chi connectivity index (χ4v) is 3.88. The van der Waals surface area contributed by atoms with Gasteiger partial charge in [0.2, 0.25) is 0 Å². The van der Waals surface area contributed by atoms with Crippen LogP contribution in [0.5, 0.6) is 0 Å². The molecule has 1 fully saturated rings. The van der Waals surface area contributed by atoms with Gasteiger partial charge < -0.3 is 14.2 Å². The third-order valence-electron chi connectivity index (χ3n) is 4.11. The van der Waals surface area contributed by atoms with Crippen LogP contribution >= 0.6 is 11.3 Å². The van der Waals surface area contributed by atoms with Crippen LogP contribution in [-0.4, -0.2) is 47.0 Å². The summed E-state index contributed by atoms with van der Waals surface area (Å²) in [5.41, 5.74) is 2.20. The van der Waals surface area contributed by atoms with Crippen LogP contribution in [0, 0.1) is 6.92 Å². The molecule has 7 heteroatoms. The van der Waals surface area contributed by atoms with Gasteiger partial charge in [-0.15, -0.1) is 11.3 Å². The van der Waals surface area contributed by atoms with E-state index in [1.807, 2.05) is 4.90 Å². The van der Waals surface area contributed by atoms with Crippen molar-refractivity contribution in [1.29, 1.82) is 0 Å². The number of hydrogen-bond donors (Lipinski definition) is 0. The minimum Gasteiger partial charge on any atom is -0.459 e. The number of nitrogens with zero attached hydrogens (tertiary/aromatic N) is 4. The molecule has 0 radical (unpaired) electrons. The maximum Gasteiger partial charge on any atom is 0.289 e. The van der Waals surface area contributed by atoms with Gasteiger partial charge in [0.15, 0.2) is 5.76 Å². The quantitative estimate of drug-likeness (QED) is 0.723. The van der Waals surface area contributed by atoms with Gasteiger partial charge in [0.05, 0.1) is 16.5 Å². The number of furan rings is 1. The monoisotopic (exact) mass is 328 g/mol. The van der Waals surface area contributed by atoms with Crippen LogP contribution in [0.25, 0.3) is 10.2 Å². The first-order valence-corrected chi connectivity index (χ1v) is 8.38. The fraction of sp³-hybridized carbons (Fsp3) is 0.312. The topological polar surface area (TPSA) is 62.5 Å². The Morgan fingerprint density at radius 2 is 2.09 bits per heavy atom. The highest BCUT2D eigenvalue weighted by Gasteiger charge is 2.25. The van der Waals surface area contributed by atoms with Gasteiger partial charge in [-0.25, -0.2) is 9.97 Å². The van der Waals surface area contributed by atoms with E-state index in [0.717, 1.165) is 29.1 Å². The van der Waals surface area contributed by atoms with Crippen LogP contribution in [0.1, 0.15) is 16.1 Å². The van der Waals surface area contributed by atoms with Crippen LogP contribution in [0.2, 0.25) is 0 Å². The number of carbonyl (C=O) groups is 1. The number of anilines is 1. The van der Waals surface area contributed by atoms with Crippen molar-refractivity contribution < 1.29 is 9.21 Å². The van der Waals surface area contributed by atoms with Crippen molar-refractivity contribution in [3.63, 3.8) is 0 Å². The highest BCUT2D eigenvalue weighted by Crippen LogP contribution is 2.31. The van der Waals surface area contributed by atoms with Crippen molar-refractivity contribution in [2.45, 2.75) is 6.92 Å². The third-order valence-corrected chi connectivity index (χ3v) is 5.19. The molecule has 0 N–H and O–H groups in total. The Morgan fingerprint density at radius 1 is 1.26 bits per heavy atom. The SMILES string of the molecule is Cc1csc2c(N3CCN(C(=O)c4ccco4)CC3)ncnc12. The van der Waals surface area contributed by atoms with Gasteiger partial charge in [-0.3, -0.25) is 4.79 Å². The zero-order valence-electron chi connectivity index (χ0n) is 12.7. The number of hydrogen-bond acceptors (Lipinski definition) is 6. The minimum absolute atomic E-state index is 0.0468. The molecule has 0 aliphatic carbocycles. The van der Waals surface area contributed by atoms with Crippen LogP contribution in [-0.2, 0) is 0 Å². The first-order valence-electron chi connectivity index (χ1n) is 7.50. The number of piperazine rings is 1. The molecule has 3 aromatic rings. The Hall–Kier alpha value is -2.41. The molecule has 1 aliphatic rings. The van der Waals surface area contributed by atoms with Gasteiger partial charge in [0.25, 0.3) is 5.91 Å². The number of carbonyl (C=O) groups excluding carboxylic acids is 1. The number of fused-ring (bicyclic) bond motifs is 1. The number of aromatic nitrogens is 2.